The van der Waals surface area contributed by atoms with E-state index in [-0.39, 0.29) is 49.6 Å². The lowest BCUT2D eigenvalue weighted by molar-refractivity contribution is -0.138. The zero-order chi connectivity index (χ0) is 35.1. The normalized spacial score (nSPS) is 13.8. The summed E-state index contributed by atoms with van der Waals surface area (Å²) in [5.41, 5.74) is 7.31. The molecule has 0 aromatic heterocycles. The summed E-state index contributed by atoms with van der Waals surface area (Å²) >= 11 is 0. The van der Waals surface area contributed by atoms with Gasteiger partial charge in [-0.15, -0.1) is 0 Å². The van der Waals surface area contributed by atoms with Gasteiger partial charge < -0.3 is 31.1 Å². The Labute approximate surface area is 283 Å². The number of hydrogen-bond donors (Lipinski definition) is 4. The molecule has 0 saturated carbocycles. The first-order chi connectivity index (χ1) is 22.9. The van der Waals surface area contributed by atoms with Gasteiger partial charge >= 0.3 is 5.97 Å². The van der Waals surface area contributed by atoms with E-state index < -0.39 is 52.6 Å². The molecule has 4 atom stereocenters. The van der Waals surface area contributed by atoms with Crippen LogP contribution in [0.5, 0.6) is 11.5 Å². The summed E-state index contributed by atoms with van der Waals surface area (Å²) in [5, 5.41) is 15.1. The lowest BCUT2D eigenvalue weighted by Crippen LogP contribution is -2.56. The lowest BCUT2D eigenvalue weighted by atomic mass is 10.0. The lowest BCUT2D eigenvalue weighted by Gasteiger charge is -2.27. The monoisotopic (exact) mass is 677 g/mol. The molecule has 0 spiro atoms. The topological polar surface area (TPSA) is 180 Å². The molecule has 0 fully saturated rings. The molecule has 0 aliphatic heterocycles. The van der Waals surface area contributed by atoms with E-state index in [1.54, 1.807) is 49.4 Å². The standard InChI is InChI=1S/C35H43N5O7S/c1-24(36)37-30(22-26-14-16-27(41)17-15-26)34(44)38-29(19-21-48(3)46)33(43)39-31(23-25-10-6-4-7-11-25)35(45)40(2)20-18-32(42)47-28-12-8-5-9-13-28/h4-17,29-31,41H,18-23H2,1-3H3,(H2,36,37)(H,38,44)(H,39,43)/t29-,30+,31+,48?/m1/s1. The SMILES string of the molecule is CC(N)=N[C@@H](Cc1ccc(O)cc1)C(=O)N[C@H](CCS(C)=O)C(=O)N[C@@H](Cc1ccccc1)C(=O)N(C)CCC(=O)Oc1ccccc1. The van der Waals surface area contributed by atoms with Crippen molar-refractivity contribution in [3.63, 3.8) is 0 Å². The van der Waals surface area contributed by atoms with E-state index in [1.807, 2.05) is 30.3 Å². The third-order valence-corrected chi connectivity index (χ3v) is 8.06. The van der Waals surface area contributed by atoms with Gasteiger partial charge in [-0.3, -0.25) is 28.4 Å². The summed E-state index contributed by atoms with van der Waals surface area (Å²) in [6.07, 6.45) is 1.73. The van der Waals surface area contributed by atoms with Gasteiger partial charge in [0.25, 0.3) is 0 Å². The summed E-state index contributed by atoms with van der Waals surface area (Å²) in [6.45, 7) is 1.58. The van der Waals surface area contributed by atoms with Crippen LogP contribution in [0, 0.1) is 0 Å². The van der Waals surface area contributed by atoms with Gasteiger partial charge in [0, 0.05) is 49.2 Å². The van der Waals surface area contributed by atoms with Gasteiger partial charge in [0.05, 0.1) is 12.3 Å². The van der Waals surface area contributed by atoms with Crippen molar-refractivity contribution in [3.05, 3.63) is 96.1 Å². The molecule has 3 aromatic rings. The van der Waals surface area contributed by atoms with E-state index in [0.717, 1.165) is 5.56 Å². The number of nitrogens with zero attached hydrogens (tertiary/aromatic N) is 2. The van der Waals surface area contributed by atoms with Gasteiger partial charge in [0.2, 0.25) is 17.7 Å². The largest absolute Gasteiger partial charge is 0.508 e. The molecule has 0 saturated heterocycles. The number of ether oxygens (including phenoxy) is 1. The Kier molecular flexibility index (Phi) is 14.8. The number of esters is 1. The molecular weight excluding hydrogens is 634 g/mol. The molecule has 48 heavy (non-hydrogen) atoms. The Morgan fingerprint density at radius 1 is 0.875 bits per heavy atom. The number of para-hydroxylation sites is 1. The third kappa shape index (κ3) is 13.0. The number of nitrogens with two attached hydrogens (primary N) is 1. The van der Waals surface area contributed by atoms with Crippen molar-refractivity contribution in [3.8, 4) is 11.5 Å². The average Bonchev–Trinajstić information content (AvgIpc) is 3.06. The highest BCUT2D eigenvalue weighted by Crippen LogP contribution is 2.14. The molecule has 0 radical (unpaired) electrons. The minimum Gasteiger partial charge on any atom is -0.508 e. The molecule has 5 N–H and O–H groups in total. The molecular formula is C35H43N5O7S. The number of carbonyl (C=O) groups excluding carboxylic acids is 4. The van der Waals surface area contributed by atoms with Crippen LogP contribution >= 0.6 is 0 Å². The summed E-state index contributed by atoms with van der Waals surface area (Å²) < 4.78 is 17.3. The zero-order valence-corrected chi connectivity index (χ0v) is 28.2. The second kappa shape index (κ2) is 18.9. The fourth-order valence-corrected chi connectivity index (χ4v) is 5.31. The third-order valence-electron chi connectivity index (χ3n) is 7.25. The van der Waals surface area contributed by atoms with Crippen molar-refractivity contribution in [2.45, 2.75) is 50.7 Å². The molecule has 0 aliphatic carbocycles. The first kappa shape index (κ1) is 37.4. The molecule has 13 heteroatoms. The van der Waals surface area contributed by atoms with E-state index in [4.69, 9.17) is 10.5 Å². The number of nitrogens with one attached hydrogen (secondary N) is 2. The van der Waals surface area contributed by atoms with Crippen molar-refractivity contribution in [1.82, 2.24) is 15.5 Å². The average molecular weight is 678 g/mol. The number of aliphatic imine (C=N–C) groups is 1. The first-order valence-corrected chi connectivity index (χ1v) is 17.2. The molecule has 256 valence electrons. The Morgan fingerprint density at radius 2 is 1.46 bits per heavy atom. The fourth-order valence-electron chi connectivity index (χ4n) is 4.75. The summed E-state index contributed by atoms with van der Waals surface area (Å²) in [4.78, 5) is 59.0. The number of carbonyl (C=O) groups is 4. The van der Waals surface area contributed by atoms with Crippen LogP contribution in [0.25, 0.3) is 0 Å². The molecule has 0 aliphatic rings. The Bertz CT molecular complexity index is 1570. The molecule has 12 nitrogen and oxygen atoms in total. The maximum absolute atomic E-state index is 13.8. The van der Waals surface area contributed by atoms with Gasteiger partial charge in [0.15, 0.2) is 0 Å². The van der Waals surface area contributed by atoms with Crippen LogP contribution in [0.15, 0.2) is 89.9 Å². The van der Waals surface area contributed by atoms with Gasteiger partial charge in [-0.25, -0.2) is 0 Å². The highest BCUT2D eigenvalue weighted by atomic mass is 32.2. The quantitative estimate of drug-likeness (QED) is 0.0726. The van der Waals surface area contributed by atoms with E-state index in [1.165, 1.54) is 30.3 Å². The summed E-state index contributed by atoms with van der Waals surface area (Å²) in [6, 6.07) is 20.8. The van der Waals surface area contributed by atoms with Crippen LogP contribution in [0.1, 0.15) is 30.9 Å². The van der Waals surface area contributed by atoms with Crippen molar-refractivity contribution in [2.24, 2.45) is 10.7 Å². The van der Waals surface area contributed by atoms with Crippen LogP contribution in [-0.4, -0.2) is 87.5 Å². The Hall–Kier alpha value is -5.04. The second-order valence-corrected chi connectivity index (χ2v) is 12.9. The maximum atomic E-state index is 13.8. The molecule has 3 rings (SSSR count). The van der Waals surface area contributed by atoms with Crippen LogP contribution in [0.3, 0.4) is 0 Å². The number of rotatable bonds is 17. The number of hydrogen-bond acceptors (Lipinski definition) is 8. The van der Waals surface area contributed by atoms with Gasteiger partial charge in [-0.05, 0) is 48.7 Å². The van der Waals surface area contributed by atoms with Crippen LogP contribution < -0.4 is 21.1 Å². The van der Waals surface area contributed by atoms with Crippen molar-refractivity contribution >= 4 is 40.3 Å². The number of benzene rings is 3. The Balaban J connectivity index is 1.77. The second-order valence-electron chi connectivity index (χ2n) is 11.3. The molecule has 3 aromatic carbocycles. The minimum absolute atomic E-state index is 0.0331. The first-order valence-electron chi connectivity index (χ1n) is 15.4. The predicted octanol–water partition coefficient (Wildman–Crippen LogP) is 2.12. The summed E-state index contributed by atoms with van der Waals surface area (Å²) in [5.74, 6) is -1.46. The number of phenolic OH excluding ortho intramolecular Hbond substituents is 1. The molecule has 0 heterocycles. The van der Waals surface area contributed by atoms with Crippen molar-refractivity contribution in [2.75, 3.05) is 25.6 Å². The summed E-state index contributed by atoms with van der Waals surface area (Å²) in [7, 11) is 0.256. The molecule has 0 bridgehead atoms. The number of amides is 3. The van der Waals surface area contributed by atoms with E-state index >= 15 is 0 Å². The van der Waals surface area contributed by atoms with E-state index in [0.29, 0.717) is 11.3 Å². The van der Waals surface area contributed by atoms with Crippen molar-refractivity contribution in [1.29, 1.82) is 0 Å². The van der Waals surface area contributed by atoms with Gasteiger partial charge in [-0.1, -0.05) is 60.7 Å². The number of likely N-dealkylation sites (N-methyl/N-ethyl adjacent to an activating group) is 1. The van der Waals surface area contributed by atoms with Crippen LogP contribution in [0.4, 0.5) is 0 Å². The molecule has 1 unspecified atom stereocenters. The van der Waals surface area contributed by atoms with Gasteiger partial charge in [-0.2, -0.15) is 0 Å². The highest BCUT2D eigenvalue weighted by molar-refractivity contribution is 7.84. The maximum Gasteiger partial charge on any atom is 0.312 e. The zero-order valence-electron chi connectivity index (χ0n) is 27.3. The minimum atomic E-state index is -1.28. The van der Waals surface area contributed by atoms with E-state index in [9.17, 15) is 28.5 Å². The van der Waals surface area contributed by atoms with Crippen molar-refractivity contribution < 1.29 is 33.2 Å². The van der Waals surface area contributed by atoms with Gasteiger partial charge in [0.1, 0.15) is 29.6 Å². The Morgan fingerprint density at radius 3 is 2.06 bits per heavy atom. The van der Waals surface area contributed by atoms with Crippen LogP contribution in [0.2, 0.25) is 0 Å². The smallest absolute Gasteiger partial charge is 0.312 e. The number of aromatic hydroxyl groups is 1. The fraction of sp³-hybridized carbons (Fsp3) is 0.343. The number of amidine groups is 1. The number of phenols is 1. The molecule has 3 amide bonds. The highest BCUT2D eigenvalue weighted by Gasteiger charge is 2.31. The predicted molar refractivity (Wildman–Crippen MR) is 185 cm³/mol. The van der Waals surface area contributed by atoms with E-state index in [2.05, 4.69) is 15.6 Å². The van der Waals surface area contributed by atoms with Crippen LogP contribution in [-0.2, 0) is 42.8 Å².